The first-order valence-corrected chi connectivity index (χ1v) is 7.44. The normalized spacial score (nSPS) is 11.7. The van der Waals surface area contributed by atoms with Gasteiger partial charge in [0, 0.05) is 13.5 Å². The second-order valence-corrected chi connectivity index (χ2v) is 5.15. The van der Waals surface area contributed by atoms with Crippen molar-refractivity contribution in [2.24, 2.45) is 0 Å². The van der Waals surface area contributed by atoms with Crippen LogP contribution in [0.5, 0.6) is 5.75 Å². The van der Waals surface area contributed by atoms with Crippen LogP contribution >= 0.6 is 0 Å². The van der Waals surface area contributed by atoms with Gasteiger partial charge in [0.2, 0.25) is 0 Å². The molecule has 0 aliphatic carbocycles. The van der Waals surface area contributed by atoms with Crippen LogP contribution in [0.3, 0.4) is 0 Å². The van der Waals surface area contributed by atoms with Crippen LogP contribution in [0.15, 0.2) is 24.3 Å². The molecule has 1 unspecified atom stereocenters. The van der Waals surface area contributed by atoms with E-state index in [-0.39, 0.29) is 24.4 Å². The molecule has 24 heavy (non-hydrogen) atoms. The Labute approximate surface area is 140 Å². The second-order valence-electron chi connectivity index (χ2n) is 5.15. The first kappa shape index (κ1) is 19.7. The van der Waals surface area contributed by atoms with E-state index in [0.717, 1.165) is 0 Å². The van der Waals surface area contributed by atoms with E-state index < -0.39 is 12.1 Å². The molecule has 0 spiro atoms. The highest BCUT2D eigenvalue weighted by molar-refractivity contribution is 5.89. The molecule has 1 atom stereocenters. The Bertz CT molecular complexity index is 511. The standard InChI is InChI=1S/C16H22O8/c1-11(2)21-14-7-5-13(6-8-14)15(17)22-24-23-16(18)20-10-9-12(3)19-4/h5-8,11-12H,9-10H2,1-4H3. The summed E-state index contributed by atoms with van der Waals surface area (Å²) in [5.41, 5.74) is 0.206. The van der Waals surface area contributed by atoms with Gasteiger partial charge in [-0.3, -0.25) is 4.89 Å². The van der Waals surface area contributed by atoms with Crippen LogP contribution in [0, 0.1) is 0 Å². The zero-order chi connectivity index (χ0) is 17.9. The minimum absolute atomic E-state index is 0.0254. The van der Waals surface area contributed by atoms with Gasteiger partial charge in [-0.2, -0.15) is 0 Å². The number of carbonyl (C=O) groups is 2. The summed E-state index contributed by atoms with van der Waals surface area (Å²) in [6.07, 6.45) is -0.653. The lowest BCUT2D eigenvalue weighted by atomic mass is 10.2. The van der Waals surface area contributed by atoms with Crippen LogP contribution < -0.4 is 4.74 Å². The van der Waals surface area contributed by atoms with Crippen molar-refractivity contribution in [3.05, 3.63) is 29.8 Å². The number of hydrogen-bond acceptors (Lipinski definition) is 8. The third-order valence-electron chi connectivity index (χ3n) is 2.82. The van der Waals surface area contributed by atoms with Gasteiger partial charge in [0.25, 0.3) is 0 Å². The molecular weight excluding hydrogens is 320 g/mol. The lowest BCUT2D eigenvalue weighted by Gasteiger charge is -2.09. The highest BCUT2D eigenvalue weighted by Crippen LogP contribution is 2.14. The Morgan fingerprint density at radius 3 is 2.29 bits per heavy atom. The zero-order valence-corrected chi connectivity index (χ0v) is 14.1. The first-order valence-electron chi connectivity index (χ1n) is 7.44. The van der Waals surface area contributed by atoms with Crippen LogP contribution in [0.25, 0.3) is 0 Å². The van der Waals surface area contributed by atoms with Crippen LogP contribution in [0.2, 0.25) is 0 Å². The summed E-state index contributed by atoms with van der Waals surface area (Å²) in [7, 11) is 1.55. The lowest BCUT2D eigenvalue weighted by molar-refractivity contribution is -0.452. The fraction of sp³-hybridized carbons (Fsp3) is 0.500. The Morgan fingerprint density at radius 1 is 1.04 bits per heavy atom. The molecule has 1 aromatic carbocycles. The van der Waals surface area contributed by atoms with Gasteiger partial charge in [-0.05, 0) is 45.0 Å². The Morgan fingerprint density at radius 2 is 1.71 bits per heavy atom. The van der Waals surface area contributed by atoms with Gasteiger partial charge in [0.05, 0.1) is 29.4 Å². The Hall–Kier alpha value is -2.32. The second kappa shape index (κ2) is 10.5. The van der Waals surface area contributed by atoms with Gasteiger partial charge < -0.3 is 14.2 Å². The van der Waals surface area contributed by atoms with E-state index in [1.807, 2.05) is 20.8 Å². The molecule has 0 aliphatic heterocycles. The molecule has 8 nitrogen and oxygen atoms in total. The molecule has 0 fully saturated rings. The summed E-state index contributed by atoms with van der Waals surface area (Å²) in [6.45, 7) is 5.69. The molecule has 0 saturated carbocycles. The van der Waals surface area contributed by atoms with E-state index in [9.17, 15) is 9.59 Å². The largest absolute Gasteiger partial charge is 0.543 e. The Balaban J connectivity index is 2.27. The van der Waals surface area contributed by atoms with Gasteiger partial charge in [-0.15, -0.1) is 0 Å². The van der Waals surface area contributed by atoms with Crippen LogP contribution in [0.1, 0.15) is 37.6 Å². The monoisotopic (exact) mass is 342 g/mol. The SMILES string of the molecule is COC(C)CCOC(=O)OOOC(=O)c1ccc(OC(C)C)cc1. The summed E-state index contributed by atoms with van der Waals surface area (Å²) >= 11 is 0. The third kappa shape index (κ3) is 7.80. The summed E-state index contributed by atoms with van der Waals surface area (Å²) in [5.74, 6) is -0.209. The van der Waals surface area contributed by atoms with Crippen molar-refractivity contribution in [1.82, 2.24) is 0 Å². The molecule has 0 saturated heterocycles. The number of rotatable bonds is 9. The number of methoxy groups -OCH3 is 1. The van der Waals surface area contributed by atoms with Crippen molar-refractivity contribution < 1.29 is 38.6 Å². The van der Waals surface area contributed by atoms with E-state index in [1.54, 1.807) is 19.2 Å². The van der Waals surface area contributed by atoms with Crippen molar-refractivity contribution >= 4 is 12.1 Å². The van der Waals surface area contributed by atoms with Gasteiger partial charge in [0.1, 0.15) is 5.75 Å². The summed E-state index contributed by atoms with van der Waals surface area (Å²) < 4.78 is 15.1. The van der Waals surface area contributed by atoms with Crippen molar-refractivity contribution in [2.75, 3.05) is 13.7 Å². The van der Waals surface area contributed by atoms with E-state index in [2.05, 4.69) is 19.6 Å². The van der Waals surface area contributed by atoms with Crippen LogP contribution in [0.4, 0.5) is 4.79 Å². The maximum atomic E-state index is 11.7. The highest BCUT2D eigenvalue weighted by atomic mass is 17.5. The minimum Gasteiger partial charge on any atom is -0.491 e. The van der Waals surface area contributed by atoms with E-state index in [4.69, 9.17) is 9.47 Å². The molecule has 1 aromatic rings. The van der Waals surface area contributed by atoms with Gasteiger partial charge >= 0.3 is 12.1 Å². The summed E-state index contributed by atoms with van der Waals surface area (Å²) in [4.78, 5) is 31.3. The molecule has 0 amide bonds. The predicted molar refractivity (Wildman–Crippen MR) is 82.2 cm³/mol. The molecule has 134 valence electrons. The van der Waals surface area contributed by atoms with Crippen molar-refractivity contribution in [3.63, 3.8) is 0 Å². The smallest absolute Gasteiger partial charge is 0.491 e. The number of ether oxygens (including phenoxy) is 3. The average molecular weight is 342 g/mol. The molecule has 0 heterocycles. The molecule has 0 aliphatic rings. The fourth-order valence-electron chi connectivity index (χ4n) is 1.52. The molecule has 8 heteroatoms. The van der Waals surface area contributed by atoms with Crippen molar-refractivity contribution in [1.29, 1.82) is 0 Å². The van der Waals surface area contributed by atoms with E-state index in [0.29, 0.717) is 12.2 Å². The summed E-state index contributed by atoms with van der Waals surface area (Å²) in [5, 5.41) is 4.10. The molecule has 0 bridgehead atoms. The Kier molecular flexibility index (Phi) is 8.59. The van der Waals surface area contributed by atoms with E-state index >= 15 is 0 Å². The molecule has 0 N–H and O–H groups in total. The molecule has 0 radical (unpaired) electrons. The lowest BCUT2D eigenvalue weighted by Crippen LogP contribution is -2.15. The maximum Gasteiger partial charge on any atom is 0.543 e. The highest BCUT2D eigenvalue weighted by Gasteiger charge is 2.13. The molecular formula is C16H22O8. The van der Waals surface area contributed by atoms with Gasteiger partial charge in [-0.1, -0.05) is 0 Å². The topological polar surface area (TPSA) is 89.5 Å². The molecule has 0 aromatic heterocycles. The van der Waals surface area contributed by atoms with Crippen LogP contribution in [-0.2, 0) is 24.3 Å². The first-order chi connectivity index (χ1) is 11.4. The van der Waals surface area contributed by atoms with Gasteiger partial charge in [0.15, 0.2) is 0 Å². The van der Waals surface area contributed by atoms with E-state index in [1.165, 1.54) is 12.1 Å². The quantitative estimate of drug-likeness (QED) is 0.384. The maximum absolute atomic E-state index is 11.7. The predicted octanol–water partition coefficient (Wildman–Crippen LogP) is 3.06. The minimum atomic E-state index is -1.12. The number of carbonyl (C=O) groups excluding carboxylic acids is 2. The number of benzene rings is 1. The number of hydrogen-bond donors (Lipinski definition) is 0. The van der Waals surface area contributed by atoms with Gasteiger partial charge in [-0.25, -0.2) is 14.5 Å². The fourth-order valence-corrected chi connectivity index (χ4v) is 1.52. The zero-order valence-electron chi connectivity index (χ0n) is 14.1. The van der Waals surface area contributed by atoms with Crippen molar-refractivity contribution in [2.45, 2.75) is 39.4 Å². The van der Waals surface area contributed by atoms with Crippen molar-refractivity contribution in [3.8, 4) is 5.75 Å². The summed E-state index contributed by atoms with van der Waals surface area (Å²) in [6, 6.07) is 6.22. The third-order valence-corrected chi connectivity index (χ3v) is 2.82. The average Bonchev–Trinajstić information content (AvgIpc) is 2.54. The molecule has 1 rings (SSSR count). The van der Waals surface area contributed by atoms with Crippen LogP contribution in [-0.4, -0.2) is 38.0 Å².